The number of hydrogen-bond acceptors (Lipinski definition) is 4. The molecule has 0 aliphatic carbocycles. The number of fused-ring (bicyclic) bond motifs is 1. The van der Waals surface area contributed by atoms with E-state index in [0.717, 1.165) is 10.2 Å². The number of nitro benzene ring substituents is 1. The minimum Gasteiger partial charge on any atom is -0.305 e. The second-order valence-corrected chi connectivity index (χ2v) is 6.87. The number of rotatable bonds is 4. The molecule has 134 valence electrons. The van der Waals surface area contributed by atoms with E-state index in [1.807, 2.05) is 6.07 Å². The second-order valence-electron chi connectivity index (χ2n) is 5.42. The topological polar surface area (TPSA) is 77.5 Å². The number of carbonyl (C=O) groups excluding carboxylic acids is 1. The average Bonchev–Trinajstić information content (AvgIpc) is 2.97. The van der Waals surface area contributed by atoms with Crippen molar-refractivity contribution >= 4 is 50.8 Å². The van der Waals surface area contributed by atoms with Gasteiger partial charge in [-0.25, -0.2) is 0 Å². The molecular weight excluding hydrogens is 386 g/mol. The average molecular weight is 398 g/mol. The molecule has 27 heavy (non-hydrogen) atoms. The molecule has 1 heterocycles. The fourth-order valence-corrected chi connectivity index (χ4v) is 3.73. The molecule has 1 amide bonds. The summed E-state index contributed by atoms with van der Waals surface area (Å²) in [5.41, 5.74) is 1.33. The molecule has 0 N–H and O–H groups in total. The smallest absolute Gasteiger partial charge is 0.272 e. The molecule has 0 spiro atoms. The van der Waals surface area contributed by atoms with Gasteiger partial charge in [0.15, 0.2) is 4.80 Å². The number of nitro groups is 1. The van der Waals surface area contributed by atoms with Gasteiger partial charge in [-0.1, -0.05) is 41.0 Å². The van der Waals surface area contributed by atoms with Gasteiger partial charge in [-0.15, -0.1) is 6.42 Å². The van der Waals surface area contributed by atoms with E-state index in [9.17, 15) is 14.9 Å². The van der Waals surface area contributed by atoms with Gasteiger partial charge in [0.1, 0.15) is 0 Å². The zero-order valence-corrected chi connectivity index (χ0v) is 15.4. The highest BCUT2D eigenvalue weighted by Gasteiger charge is 2.07. The molecule has 0 atom stereocenters. The first-order valence-electron chi connectivity index (χ1n) is 7.71. The van der Waals surface area contributed by atoms with Crippen LogP contribution >= 0.6 is 22.9 Å². The summed E-state index contributed by atoms with van der Waals surface area (Å²) in [5, 5.41) is 11.4. The molecule has 8 heteroatoms. The summed E-state index contributed by atoms with van der Waals surface area (Å²) in [4.78, 5) is 27.1. The van der Waals surface area contributed by atoms with Gasteiger partial charge >= 0.3 is 0 Å². The van der Waals surface area contributed by atoms with E-state index in [2.05, 4.69) is 10.9 Å². The molecule has 0 fully saturated rings. The third-order valence-electron chi connectivity index (χ3n) is 3.60. The van der Waals surface area contributed by atoms with Crippen LogP contribution in [0.5, 0.6) is 0 Å². The highest BCUT2D eigenvalue weighted by atomic mass is 35.5. The lowest BCUT2D eigenvalue weighted by atomic mass is 10.2. The number of carbonyl (C=O) groups is 1. The molecule has 0 bridgehead atoms. The van der Waals surface area contributed by atoms with Crippen molar-refractivity contribution in [3.05, 3.63) is 74.0 Å². The Hall–Kier alpha value is -3.21. The van der Waals surface area contributed by atoms with Crippen LogP contribution in [0.2, 0.25) is 5.02 Å². The fraction of sp³-hybridized carbons (Fsp3) is 0.0526. The Balaban J connectivity index is 1.95. The van der Waals surface area contributed by atoms with Gasteiger partial charge in [-0.05, 0) is 29.8 Å². The lowest BCUT2D eigenvalue weighted by Crippen LogP contribution is -2.15. The Labute approximate surface area is 163 Å². The lowest BCUT2D eigenvalue weighted by molar-refractivity contribution is -0.384. The molecule has 0 unspecified atom stereocenters. The molecule has 0 aliphatic rings. The van der Waals surface area contributed by atoms with Crippen molar-refractivity contribution in [2.24, 2.45) is 4.99 Å². The van der Waals surface area contributed by atoms with Crippen LogP contribution in [0.1, 0.15) is 5.56 Å². The Bertz CT molecular complexity index is 1180. The molecule has 0 saturated heterocycles. The van der Waals surface area contributed by atoms with Gasteiger partial charge in [0.25, 0.3) is 11.6 Å². The minimum absolute atomic E-state index is 0.0465. The van der Waals surface area contributed by atoms with Crippen LogP contribution in [0, 0.1) is 22.5 Å². The molecule has 6 nitrogen and oxygen atoms in total. The minimum atomic E-state index is -0.495. The molecule has 0 saturated carbocycles. The van der Waals surface area contributed by atoms with E-state index in [4.69, 9.17) is 18.0 Å². The van der Waals surface area contributed by atoms with Crippen LogP contribution in [-0.2, 0) is 11.3 Å². The Morgan fingerprint density at radius 2 is 2.19 bits per heavy atom. The predicted octanol–water partition coefficient (Wildman–Crippen LogP) is 4.04. The maximum Gasteiger partial charge on any atom is 0.272 e. The van der Waals surface area contributed by atoms with Crippen molar-refractivity contribution in [1.29, 1.82) is 0 Å². The Kier molecular flexibility index (Phi) is 5.50. The largest absolute Gasteiger partial charge is 0.305 e. The molecule has 2 aromatic carbocycles. The number of aromatic nitrogens is 1. The summed E-state index contributed by atoms with van der Waals surface area (Å²) in [5.74, 6) is 2.05. The highest BCUT2D eigenvalue weighted by molar-refractivity contribution is 7.16. The van der Waals surface area contributed by atoms with E-state index >= 15 is 0 Å². The van der Waals surface area contributed by atoms with E-state index < -0.39 is 10.8 Å². The lowest BCUT2D eigenvalue weighted by Gasteiger charge is -1.99. The summed E-state index contributed by atoms with van der Waals surface area (Å²) in [6, 6.07) is 11.3. The molecule has 0 radical (unpaired) electrons. The van der Waals surface area contributed by atoms with Crippen molar-refractivity contribution in [3.63, 3.8) is 0 Å². The first-order chi connectivity index (χ1) is 13.0. The standard InChI is InChI=1S/C19H12ClN3O3S/c1-2-10-22-16-8-7-14(20)12-17(16)27-19(22)21-18(24)9-6-13-4-3-5-15(11-13)23(25)26/h1,3-9,11-12H,10H2. The van der Waals surface area contributed by atoms with Gasteiger partial charge in [0.05, 0.1) is 21.7 Å². The first-order valence-corrected chi connectivity index (χ1v) is 8.91. The van der Waals surface area contributed by atoms with E-state index in [-0.39, 0.29) is 12.2 Å². The third-order valence-corrected chi connectivity index (χ3v) is 4.88. The Morgan fingerprint density at radius 1 is 1.37 bits per heavy atom. The molecule has 3 rings (SSSR count). The van der Waals surface area contributed by atoms with Gasteiger partial charge in [-0.2, -0.15) is 4.99 Å². The zero-order valence-electron chi connectivity index (χ0n) is 13.8. The van der Waals surface area contributed by atoms with Crippen molar-refractivity contribution in [2.45, 2.75) is 6.54 Å². The van der Waals surface area contributed by atoms with E-state index in [0.29, 0.717) is 15.4 Å². The van der Waals surface area contributed by atoms with Gasteiger partial charge in [0, 0.05) is 23.2 Å². The van der Waals surface area contributed by atoms with Crippen LogP contribution in [0.25, 0.3) is 16.3 Å². The van der Waals surface area contributed by atoms with Gasteiger partial charge in [0.2, 0.25) is 0 Å². The highest BCUT2D eigenvalue weighted by Crippen LogP contribution is 2.21. The van der Waals surface area contributed by atoms with Crippen LogP contribution in [0.15, 0.2) is 53.5 Å². The van der Waals surface area contributed by atoms with Crippen LogP contribution in [-0.4, -0.2) is 15.4 Å². The Morgan fingerprint density at radius 3 is 2.93 bits per heavy atom. The number of amides is 1. The number of halogens is 1. The summed E-state index contributed by atoms with van der Waals surface area (Å²) in [6.45, 7) is 0.266. The van der Waals surface area contributed by atoms with Crippen LogP contribution in [0.3, 0.4) is 0 Å². The first kappa shape index (κ1) is 18.6. The summed E-state index contributed by atoms with van der Waals surface area (Å²) in [7, 11) is 0. The van der Waals surface area contributed by atoms with Gasteiger partial charge < -0.3 is 4.57 Å². The SMILES string of the molecule is C#CCn1c(=NC(=O)C=Cc2cccc([N+](=O)[O-])c2)sc2cc(Cl)ccc21. The van der Waals surface area contributed by atoms with Crippen molar-refractivity contribution < 1.29 is 9.72 Å². The second kappa shape index (κ2) is 7.99. The quantitative estimate of drug-likeness (QED) is 0.288. The maximum atomic E-state index is 12.2. The van der Waals surface area contributed by atoms with Crippen molar-refractivity contribution in [3.8, 4) is 12.3 Å². The summed E-state index contributed by atoms with van der Waals surface area (Å²) < 4.78 is 2.63. The maximum absolute atomic E-state index is 12.2. The van der Waals surface area contributed by atoms with E-state index in [1.54, 1.807) is 28.8 Å². The molecule has 3 aromatic rings. The molecular formula is C19H12ClN3O3S. The number of thiazole rings is 1. The monoisotopic (exact) mass is 397 g/mol. The number of hydrogen-bond donors (Lipinski definition) is 0. The number of benzene rings is 2. The fourth-order valence-electron chi connectivity index (χ4n) is 2.42. The number of non-ortho nitro benzene ring substituents is 1. The summed E-state index contributed by atoms with van der Waals surface area (Å²) >= 11 is 7.32. The van der Waals surface area contributed by atoms with Crippen molar-refractivity contribution in [1.82, 2.24) is 4.57 Å². The number of nitrogens with zero attached hydrogens (tertiary/aromatic N) is 3. The third kappa shape index (κ3) is 4.31. The van der Waals surface area contributed by atoms with Crippen LogP contribution < -0.4 is 4.80 Å². The summed E-state index contributed by atoms with van der Waals surface area (Å²) in [6.07, 6.45) is 8.17. The molecule has 0 aliphatic heterocycles. The molecule has 1 aromatic heterocycles. The van der Waals surface area contributed by atoms with Gasteiger partial charge in [-0.3, -0.25) is 14.9 Å². The van der Waals surface area contributed by atoms with Crippen LogP contribution in [0.4, 0.5) is 5.69 Å². The number of terminal acetylenes is 1. The predicted molar refractivity (Wildman–Crippen MR) is 106 cm³/mol. The van der Waals surface area contributed by atoms with Crippen molar-refractivity contribution in [2.75, 3.05) is 0 Å². The zero-order chi connectivity index (χ0) is 19.4. The normalized spacial score (nSPS) is 11.8. The van der Waals surface area contributed by atoms with E-state index in [1.165, 1.54) is 35.6 Å².